The first-order valence-corrected chi connectivity index (χ1v) is 14.4. The van der Waals surface area contributed by atoms with Gasteiger partial charge in [-0.05, 0) is 74.9 Å². The van der Waals surface area contributed by atoms with E-state index in [0.29, 0.717) is 50.8 Å². The zero-order valence-corrected chi connectivity index (χ0v) is 24.6. The molecule has 5 rings (SSSR count). The van der Waals surface area contributed by atoms with Gasteiger partial charge < -0.3 is 19.7 Å². The van der Waals surface area contributed by atoms with Crippen LogP contribution in [0.5, 0.6) is 11.5 Å². The summed E-state index contributed by atoms with van der Waals surface area (Å²) in [5.41, 5.74) is 14.9. The van der Waals surface area contributed by atoms with Crippen molar-refractivity contribution in [3.8, 4) is 11.5 Å². The Balaban J connectivity index is 1.50. The van der Waals surface area contributed by atoms with Crippen molar-refractivity contribution in [1.29, 1.82) is 0 Å². The zero-order valence-electron chi connectivity index (χ0n) is 24.6. The number of amidine groups is 1. The summed E-state index contributed by atoms with van der Waals surface area (Å²) in [6, 6.07) is 7.68. The van der Waals surface area contributed by atoms with E-state index in [1.807, 2.05) is 17.9 Å². The van der Waals surface area contributed by atoms with Crippen molar-refractivity contribution in [2.75, 3.05) is 39.9 Å². The van der Waals surface area contributed by atoms with Crippen LogP contribution in [0.1, 0.15) is 53.6 Å². The highest BCUT2D eigenvalue weighted by atomic mass is 16.5. The van der Waals surface area contributed by atoms with Gasteiger partial charge in [0.1, 0.15) is 11.9 Å². The lowest BCUT2D eigenvalue weighted by Crippen LogP contribution is -2.55. The highest BCUT2D eigenvalue weighted by Gasteiger charge is 2.40. The quantitative estimate of drug-likeness (QED) is 0.390. The summed E-state index contributed by atoms with van der Waals surface area (Å²) < 4.78 is 11.6. The van der Waals surface area contributed by atoms with E-state index in [1.54, 1.807) is 12.0 Å². The Morgan fingerprint density at radius 2 is 1.93 bits per heavy atom. The highest BCUT2D eigenvalue weighted by Crippen LogP contribution is 2.42. The van der Waals surface area contributed by atoms with Crippen LogP contribution in [0.2, 0.25) is 0 Å². The number of rotatable bonds is 8. The smallest absolute Gasteiger partial charge is 0.326 e. The number of amides is 3. The largest absolute Gasteiger partial charge is 0.493 e. The Morgan fingerprint density at radius 1 is 1.15 bits per heavy atom. The molecule has 2 atom stereocenters. The lowest BCUT2D eigenvalue weighted by Gasteiger charge is -2.42. The maximum absolute atomic E-state index is 14.2. The third-order valence-corrected chi connectivity index (χ3v) is 7.94. The van der Waals surface area contributed by atoms with E-state index >= 15 is 0 Å². The number of fused-ring (bicyclic) bond motifs is 3. The number of carbonyl (C=O) groups is 2. The number of nitrogens with one attached hydrogen (secondary N) is 4. The monoisotopic (exact) mass is 563 g/mol. The van der Waals surface area contributed by atoms with Crippen LogP contribution in [0.25, 0.3) is 0 Å². The minimum absolute atomic E-state index is 0.0975. The number of aryl methyl sites for hydroxylation is 4. The zero-order chi connectivity index (χ0) is 29.1. The molecular formula is C30H41N7O4. The second kappa shape index (κ2) is 12.5. The molecule has 0 spiro atoms. The summed E-state index contributed by atoms with van der Waals surface area (Å²) in [5, 5.41) is 2.96. The molecule has 2 fully saturated rings. The van der Waals surface area contributed by atoms with Gasteiger partial charge in [-0.3, -0.25) is 9.69 Å². The van der Waals surface area contributed by atoms with E-state index in [-0.39, 0.29) is 24.0 Å². The van der Waals surface area contributed by atoms with Gasteiger partial charge in [0.05, 0.1) is 25.4 Å². The predicted octanol–water partition coefficient (Wildman–Crippen LogP) is 2.96. The number of hydrogen-bond donors (Lipinski definition) is 4. The number of hydrazine groups is 2. The Labute approximate surface area is 241 Å². The first-order valence-electron chi connectivity index (χ1n) is 14.4. The van der Waals surface area contributed by atoms with Crippen LogP contribution in [0, 0.1) is 20.8 Å². The van der Waals surface area contributed by atoms with Gasteiger partial charge in [-0.25, -0.2) is 20.6 Å². The predicted molar refractivity (Wildman–Crippen MR) is 157 cm³/mol. The molecule has 0 aromatic heterocycles. The molecule has 0 radical (unpaired) electrons. The van der Waals surface area contributed by atoms with Crippen LogP contribution in [-0.2, 0) is 11.2 Å². The summed E-state index contributed by atoms with van der Waals surface area (Å²) >= 11 is 0. The van der Waals surface area contributed by atoms with Crippen molar-refractivity contribution < 1.29 is 19.1 Å². The van der Waals surface area contributed by atoms with E-state index in [0.717, 1.165) is 41.0 Å². The van der Waals surface area contributed by atoms with Gasteiger partial charge in [0.2, 0.25) is 5.91 Å². The third-order valence-electron chi connectivity index (χ3n) is 7.94. The molecule has 41 heavy (non-hydrogen) atoms. The van der Waals surface area contributed by atoms with Gasteiger partial charge >= 0.3 is 6.03 Å². The molecule has 2 aromatic carbocycles. The van der Waals surface area contributed by atoms with E-state index in [4.69, 9.17) is 14.5 Å². The minimum Gasteiger partial charge on any atom is -0.493 e. The first kappa shape index (κ1) is 28.8. The molecule has 2 unspecified atom stereocenters. The van der Waals surface area contributed by atoms with Crippen LogP contribution < -0.4 is 31.2 Å². The Morgan fingerprint density at radius 3 is 2.61 bits per heavy atom. The summed E-state index contributed by atoms with van der Waals surface area (Å²) in [5.74, 6) is 1.96. The van der Waals surface area contributed by atoms with Gasteiger partial charge in [-0.2, -0.15) is 5.53 Å². The number of aliphatic imine (C=N–C) groups is 1. The van der Waals surface area contributed by atoms with Crippen LogP contribution in [0.4, 0.5) is 10.5 Å². The molecule has 2 saturated heterocycles. The fourth-order valence-corrected chi connectivity index (χ4v) is 6.06. The second-order valence-corrected chi connectivity index (χ2v) is 10.9. The maximum Gasteiger partial charge on any atom is 0.326 e. The average Bonchev–Trinajstić information content (AvgIpc) is 3.42. The van der Waals surface area contributed by atoms with E-state index < -0.39 is 0 Å². The number of carbonyl (C=O) groups excluding carboxylic acids is 2. The van der Waals surface area contributed by atoms with Crippen molar-refractivity contribution in [1.82, 2.24) is 31.5 Å². The molecule has 11 heteroatoms. The highest BCUT2D eigenvalue weighted by molar-refractivity contribution is 6.02. The number of benzene rings is 2. The molecule has 3 amide bonds. The van der Waals surface area contributed by atoms with Crippen LogP contribution in [0.3, 0.4) is 0 Å². The summed E-state index contributed by atoms with van der Waals surface area (Å²) in [6.07, 6.45) is 2.23. The normalized spacial score (nSPS) is 21.4. The minimum atomic E-state index is -0.374. The van der Waals surface area contributed by atoms with Crippen molar-refractivity contribution in [2.45, 2.75) is 59.0 Å². The summed E-state index contributed by atoms with van der Waals surface area (Å²) in [4.78, 5) is 35.6. The molecule has 220 valence electrons. The Kier molecular flexibility index (Phi) is 8.77. The van der Waals surface area contributed by atoms with Gasteiger partial charge in [-0.1, -0.05) is 17.7 Å². The number of methoxy groups -OCH3 is 1. The third kappa shape index (κ3) is 6.02. The molecule has 3 aliphatic rings. The Hall–Kier alpha value is -3.67. The van der Waals surface area contributed by atoms with Gasteiger partial charge in [0, 0.05) is 32.6 Å². The lowest BCUT2D eigenvalue weighted by molar-refractivity contribution is -0.122. The fourth-order valence-electron chi connectivity index (χ4n) is 6.06. The number of nitrogens with zero attached hydrogens (tertiary/aromatic N) is 3. The maximum atomic E-state index is 14.2. The number of urea groups is 1. The van der Waals surface area contributed by atoms with Gasteiger partial charge in [-0.15, -0.1) is 0 Å². The standard InChI is InChI=1S/C30H41N7O4/c1-6-41-26-14-21-8-7-10-36-24(22(21)15-25(26)40-5)16-27(33-28-19(3)12-18(2)13-20(28)4)37(30(36)39)11-9-31-29(38)23-17-32-35-34-23/h12-15,23-24,32,34-35H,6-11,16-17H2,1-5H3,(H,31,38). The molecule has 4 N–H and O–H groups in total. The average molecular weight is 564 g/mol. The molecule has 0 aliphatic carbocycles. The van der Waals surface area contributed by atoms with Crippen LogP contribution in [-0.4, -0.2) is 73.5 Å². The molecule has 0 saturated carbocycles. The topological polar surface area (TPSA) is 120 Å². The SMILES string of the molecule is CCOc1cc2c(cc1OC)C1CC(=Nc3c(C)cc(C)cc3C)N(CCNC(=O)C3CNNN3)C(=O)N1CCC2. The van der Waals surface area contributed by atoms with E-state index in [2.05, 4.69) is 60.7 Å². The number of ether oxygens (including phenoxy) is 2. The molecule has 0 bridgehead atoms. The van der Waals surface area contributed by atoms with E-state index in [9.17, 15) is 9.59 Å². The van der Waals surface area contributed by atoms with Crippen LogP contribution in [0.15, 0.2) is 29.3 Å². The van der Waals surface area contributed by atoms with Crippen molar-refractivity contribution in [3.05, 3.63) is 52.1 Å². The molecule has 3 aliphatic heterocycles. The first-order chi connectivity index (χ1) is 19.8. The summed E-state index contributed by atoms with van der Waals surface area (Å²) in [6.45, 7) is 10.4. The second-order valence-electron chi connectivity index (χ2n) is 10.9. The van der Waals surface area contributed by atoms with Gasteiger partial charge in [0.15, 0.2) is 11.5 Å². The Bertz CT molecular complexity index is 1320. The molecule has 3 heterocycles. The fraction of sp³-hybridized carbons (Fsp3) is 0.500. The van der Waals surface area contributed by atoms with E-state index in [1.165, 1.54) is 11.1 Å². The van der Waals surface area contributed by atoms with Crippen molar-refractivity contribution >= 4 is 23.5 Å². The van der Waals surface area contributed by atoms with Crippen LogP contribution >= 0.6 is 0 Å². The molecule has 11 nitrogen and oxygen atoms in total. The molecule has 2 aromatic rings. The van der Waals surface area contributed by atoms with Crippen molar-refractivity contribution in [3.63, 3.8) is 0 Å². The molecular weight excluding hydrogens is 522 g/mol. The van der Waals surface area contributed by atoms with Gasteiger partial charge in [0.25, 0.3) is 0 Å². The van der Waals surface area contributed by atoms with Crippen molar-refractivity contribution in [2.24, 2.45) is 4.99 Å². The summed E-state index contributed by atoms with van der Waals surface area (Å²) in [7, 11) is 1.64. The lowest BCUT2D eigenvalue weighted by atomic mass is 9.93. The number of hydrogen-bond acceptors (Lipinski definition) is 8.